The average Bonchev–Trinajstić information content (AvgIpc) is 2.83. The van der Waals surface area contributed by atoms with Crippen LogP contribution in [0.2, 0.25) is 0 Å². The smallest absolute Gasteiger partial charge is 0.251 e. The Labute approximate surface area is 182 Å². The van der Waals surface area contributed by atoms with Crippen LogP contribution in [0.1, 0.15) is 22.3 Å². The lowest BCUT2D eigenvalue weighted by Crippen LogP contribution is -2.24. The summed E-state index contributed by atoms with van der Waals surface area (Å²) in [6, 6.07) is 27.6. The van der Waals surface area contributed by atoms with Crippen LogP contribution in [-0.4, -0.2) is 22.4 Å². The van der Waals surface area contributed by atoms with Gasteiger partial charge < -0.3 is 10.6 Å². The van der Waals surface area contributed by atoms with E-state index in [1.807, 2.05) is 60.7 Å². The predicted molar refractivity (Wildman–Crippen MR) is 124 cm³/mol. The summed E-state index contributed by atoms with van der Waals surface area (Å²) >= 11 is 0. The first-order valence-electron chi connectivity index (χ1n) is 10.3. The Morgan fingerprint density at radius 2 is 1.48 bits per heavy atom. The van der Waals surface area contributed by atoms with Crippen LogP contribution in [0.25, 0.3) is 11.1 Å². The summed E-state index contributed by atoms with van der Waals surface area (Å²) in [4.78, 5) is 21.3. The molecule has 1 aromatic heterocycles. The van der Waals surface area contributed by atoms with Gasteiger partial charge >= 0.3 is 0 Å². The molecule has 0 saturated carbocycles. The molecule has 0 aliphatic rings. The fourth-order valence-electron chi connectivity index (χ4n) is 3.28. The van der Waals surface area contributed by atoms with Crippen LogP contribution in [-0.2, 0) is 6.42 Å². The van der Waals surface area contributed by atoms with Gasteiger partial charge in [0.1, 0.15) is 0 Å². The van der Waals surface area contributed by atoms with Gasteiger partial charge in [0.05, 0.1) is 0 Å². The highest BCUT2D eigenvalue weighted by Crippen LogP contribution is 2.19. The molecule has 1 heterocycles. The van der Waals surface area contributed by atoms with Crippen LogP contribution in [0, 0.1) is 0 Å². The van der Waals surface area contributed by atoms with Crippen molar-refractivity contribution >= 4 is 17.5 Å². The minimum atomic E-state index is -0.0861. The van der Waals surface area contributed by atoms with Gasteiger partial charge in [0, 0.05) is 35.8 Å². The quantitative estimate of drug-likeness (QED) is 0.391. The van der Waals surface area contributed by atoms with Gasteiger partial charge in [0.25, 0.3) is 5.91 Å². The van der Waals surface area contributed by atoms with E-state index in [0.717, 1.165) is 29.7 Å². The van der Waals surface area contributed by atoms with Crippen LogP contribution < -0.4 is 10.6 Å². The molecule has 4 rings (SSSR count). The fraction of sp³-hybridized carbons (Fsp3) is 0.115. The summed E-state index contributed by atoms with van der Waals surface area (Å²) in [7, 11) is 0. The molecular weight excluding hydrogens is 384 g/mol. The Hall–Kier alpha value is -3.99. The van der Waals surface area contributed by atoms with E-state index in [0.29, 0.717) is 18.1 Å². The van der Waals surface area contributed by atoms with Gasteiger partial charge in [-0.2, -0.15) is 0 Å². The highest BCUT2D eigenvalue weighted by Gasteiger charge is 2.07. The van der Waals surface area contributed by atoms with Gasteiger partial charge in [-0.05, 0) is 42.2 Å². The Bertz CT molecular complexity index is 1110. The molecule has 4 aromatic rings. The van der Waals surface area contributed by atoms with Crippen LogP contribution in [0.15, 0.2) is 97.3 Å². The monoisotopic (exact) mass is 408 g/mol. The topological polar surface area (TPSA) is 66.9 Å². The molecule has 3 aromatic carbocycles. The summed E-state index contributed by atoms with van der Waals surface area (Å²) in [6.07, 6.45) is 5.41. The molecule has 0 fully saturated rings. The van der Waals surface area contributed by atoms with Crippen LogP contribution >= 0.6 is 0 Å². The molecule has 0 unspecified atom stereocenters. The summed E-state index contributed by atoms with van der Waals surface area (Å²) in [6.45, 7) is 0.634. The molecule has 0 saturated heterocycles. The number of nitrogens with one attached hydrogen (secondary N) is 2. The van der Waals surface area contributed by atoms with Gasteiger partial charge in [-0.25, -0.2) is 9.97 Å². The number of carbonyl (C=O) groups is 1. The van der Waals surface area contributed by atoms with Crippen molar-refractivity contribution in [2.75, 3.05) is 11.9 Å². The lowest BCUT2D eigenvalue weighted by Gasteiger charge is -2.09. The van der Waals surface area contributed by atoms with Crippen molar-refractivity contribution in [3.05, 3.63) is 108 Å². The molecular formula is C26H24N4O. The van der Waals surface area contributed by atoms with Crippen molar-refractivity contribution in [2.24, 2.45) is 0 Å². The average molecular weight is 409 g/mol. The second-order valence-electron chi connectivity index (χ2n) is 7.21. The third-order valence-corrected chi connectivity index (χ3v) is 4.91. The summed E-state index contributed by atoms with van der Waals surface area (Å²) in [5.74, 6) is 0.400. The number of hydrogen-bond donors (Lipinski definition) is 2. The van der Waals surface area contributed by atoms with Crippen molar-refractivity contribution in [2.45, 2.75) is 12.8 Å². The zero-order valence-corrected chi connectivity index (χ0v) is 17.2. The van der Waals surface area contributed by atoms with Crippen LogP contribution in [0.5, 0.6) is 0 Å². The van der Waals surface area contributed by atoms with Gasteiger partial charge in [-0.15, -0.1) is 0 Å². The SMILES string of the molecule is O=C(NCCCc1ccccc1)c1cccc(Nc2ncc(-c3ccccc3)cn2)c1. The Morgan fingerprint density at radius 3 is 2.23 bits per heavy atom. The maximum atomic E-state index is 12.5. The standard InChI is InChI=1S/C26H24N4O/c31-25(27-16-8-11-20-9-3-1-4-10-20)22-14-7-15-24(17-22)30-26-28-18-23(19-29-26)21-12-5-2-6-13-21/h1-7,9-10,12-15,17-19H,8,11,16H2,(H,27,31)(H,28,29,30). The highest BCUT2D eigenvalue weighted by atomic mass is 16.1. The van der Waals surface area contributed by atoms with E-state index < -0.39 is 0 Å². The molecule has 1 amide bonds. The third kappa shape index (κ3) is 5.76. The van der Waals surface area contributed by atoms with E-state index in [9.17, 15) is 4.79 Å². The van der Waals surface area contributed by atoms with E-state index in [4.69, 9.17) is 0 Å². The van der Waals surface area contributed by atoms with Gasteiger partial charge in [-0.1, -0.05) is 66.7 Å². The lowest BCUT2D eigenvalue weighted by molar-refractivity contribution is 0.0953. The van der Waals surface area contributed by atoms with Crippen molar-refractivity contribution in [1.29, 1.82) is 0 Å². The second kappa shape index (κ2) is 10.2. The number of aryl methyl sites for hydroxylation is 1. The molecule has 5 nitrogen and oxygen atoms in total. The Kier molecular flexibility index (Phi) is 6.65. The van der Waals surface area contributed by atoms with Crippen LogP contribution in [0.4, 0.5) is 11.6 Å². The number of nitrogens with zero attached hydrogens (tertiary/aromatic N) is 2. The van der Waals surface area contributed by atoms with Crippen molar-refractivity contribution in [1.82, 2.24) is 15.3 Å². The third-order valence-electron chi connectivity index (χ3n) is 4.91. The largest absolute Gasteiger partial charge is 0.352 e. The first-order chi connectivity index (χ1) is 15.3. The molecule has 0 radical (unpaired) electrons. The van der Waals surface area contributed by atoms with Crippen molar-refractivity contribution in [3.63, 3.8) is 0 Å². The lowest BCUT2D eigenvalue weighted by atomic mass is 10.1. The molecule has 0 atom stereocenters. The molecule has 31 heavy (non-hydrogen) atoms. The maximum Gasteiger partial charge on any atom is 0.251 e. The molecule has 0 bridgehead atoms. The summed E-state index contributed by atoms with van der Waals surface area (Å²) < 4.78 is 0. The minimum Gasteiger partial charge on any atom is -0.352 e. The molecule has 0 spiro atoms. The molecule has 0 aliphatic heterocycles. The van der Waals surface area contributed by atoms with Crippen molar-refractivity contribution < 1.29 is 4.79 Å². The maximum absolute atomic E-state index is 12.5. The number of anilines is 2. The van der Waals surface area contributed by atoms with E-state index in [1.54, 1.807) is 24.5 Å². The number of benzene rings is 3. The first-order valence-corrected chi connectivity index (χ1v) is 10.3. The normalized spacial score (nSPS) is 10.5. The van der Waals surface area contributed by atoms with Gasteiger partial charge in [0.2, 0.25) is 5.95 Å². The number of aromatic nitrogens is 2. The van der Waals surface area contributed by atoms with Crippen molar-refractivity contribution in [3.8, 4) is 11.1 Å². The molecule has 2 N–H and O–H groups in total. The summed E-state index contributed by atoms with van der Waals surface area (Å²) in [5.41, 5.74) is 4.67. The van der Waals surface area contributed by atoms with Crippen LogP contribution in [0.3, 0.4) is 0 Å². The van der Waals surface area contributed by atoms with Gasteiger partial charge in [0.15, 0.2) is 0 Å². The van der Waals surface area contributed by atoms with E-state index >= 15 is 0 Å². The molecule has 5 heteroatoms. The number of hydrogen-bond acceptors (Lipinski definition) is 4. The minimum absolute atomic E-state index is 0.0861. The Balaban J connectivity index is 1.32. The number of amides is 1. The summed E-state index contributed by atoms with van der Waals surface area (Å²) in [5, 5.41) is 6.15. The fourth-order valence-corrected chi connectivity index (χ4v) is 3.28. The predicted octanol–water partition coefficient (Wildman–Crippen LogP) is 5.25. The van der Waals surface area contributed by atoms with E-state index in [2.05, 4.69) is 32.7 Å². The zero-order chi connectivity index (χ0) is 21.3. The highest BCUT2D eigenvalue weighted by molar-refractivity contribution is 5.95. The second-order valence-corrected chi connectivity index (χ2v) is 7.21. The number of carbonyl (C=O) groups excluding carboxylic acids is 1. The van der Waals surface area contributed by atoms with Gasteiger partial charge in [-0.3, -0.25) is 4.79 Å². The Morgan fingerprint density at radius 1 is 0.774 bits per heavy atom. The first kappa shape index (κ1) is 20.3. The zero-order valence-electron chi connectivity index (χ0n) is 17.2. The molecule has 154 valence electrons. The van der Waals surface area contributed by atoms with E-state index in [-0.39, 0.29) is 5.91 Å². The number of rotatable bonds is 8. The molecule has 0 aliphatic carbocycles. The van der Waals surface area contributed by atoms with E-state index in [1.165, 1.54) is 5.56 Å².